The highest BCUT2D eigenvalue weighted by atomic mass is 19.1. The lowest BCUT2D eigenvalue weighted by Gasteiger charge is -2.26. The molecular formula is C13H19FN2O. The third-order valence-corrected chi connectivity index (χ3v) is 2.55. The molecule has 0 saturated carbocycles. The summed E-state index contributed by atoms with van der Waals surface area (Å²) in [6.07, 6.45) is 1.71. The van der Waals surface area contributed by atoms with Gasteiger partial charge < -0.3 is 15.7 Å². The molecule has 0 fully saturated rings. The van der Waals surface area contributed by atoms with E-state index in [1.54, 1.807) is 25.1 Å². The van der Waals surface area contributed by atoms with Gasteiger partial charge in [0.25, 0.3) is 0 Å². The molecule has 0 aliphatic heterocycles. The molecule has 0 heterocycles. The zero-order valence-corrected chi connectivity index (χ0v) is 10.1. The van der Waals surface area contributed by atoms with Gasteiger partial charge in [-0.3, -0.25) is 0 Å². The van der Waals surface area contributed by atoms with Gasteiger partial charge in [0.2, 0.25) is 0 Å². The molecule has 0 aliphatic rings. The van der Waals surface area contributed by atoms with Crippen molar-refractivity contribution < 1.29 is 9.50 Å². The predicted molar refractivity (Wildman–Crippen MR) is 68.5 cm³/mol. The van der Waals surface area contributed by atoms with Gasteiger partial charge >= 0.3 is 0 Å². The third-order valence-electron chi connectivity index (χ3n) is 2.55. The number of hydrogen-bond acceptors (Lipinski definition) is 3. The maximum atomic E-state index is 13.7. The third kappa shape index (κ3) is 3.28. The second-order valence-corrected chi connectivity index (χ2v) is 3.92. The smallest absolute Gasteiger partial charge is 0.130 e. The van der Waals surface area contributed by atoms with Crippen LogP contribution in [0.2, 0.25) is 0 Å². The predicted octanol–water partition coefficient (Wildman–Crippen LogP) is 1.83. The standard InChI is InChI=1S/C13H19FN2O/c1-3-7-16(8-9-17)12-6-4-5-11(14)13(12)10(2)15/h3-6,10,17H,1,7-9,15H2,2H3/t10-/m1/s1. The van der Waals surface area contributed by atoms with Gasteiger partial charge in [0, 0.05) is 30.4 Å². The summed E-state index contributed by atoms with van der Waals surface area (Å²) in [6, 6.07) is 4.45. The number of halogens is 1. The van der Waals surface area contributed by atoms with E-state index >= 15 is 0 Å². The summed E-state index contributed by atoms with van der Waals surface area (Å²) in [6.45, 7) is 6.37. The molecule has 17 heavy (non-hydrogen) atoms. The zero-order chi connectivity index (χ0) is 12.8. The van der Waals surface area contributed by atoms with E-state index in [9.17, 15) is 4.39 Å². The Bertz CT molecular complexity index is 380. The van der Waals surface area contributed by atoms with Crippen molar-refractivity contribution in [3.05, 3.63) is 42.2 Å². The van der Waals surface area contributed by atoms with Crippen LogP contribution in [-0.4, -0.2) is 24.8 Å². The maximum Gasteiger partial charge on any atom is 0.130 e. The minimum absolute atomic E-state index is 0.00272. The van der Waals surface area contributed by atoms with E-state index in [1.807, 2.05) is 4.90 Å². The Morgan fingerprint density at radius 3 is 2.82 bits per heavy atom. The summed E-state index contributed by atoms with van der Waals surface area (Å²) in [5, 5.41) is 9.02. The van der Waals surface area contributed by atoms with Crippen molar-refractivity contribution in [2.24, 2.45) is 5.73 Å². The van der Waals surface area contributed by atoms with Gasteiger partial charge in [-0.1, -0.05) is 12.1 Å². The number of anilines is 1. The fraction of sp³-hybridized carbons (Fsp3) is 0.385. The summed E-state index contributed by atoms with van der Waals surface area (Å²) < 4.78 is 13.7. The molecule has 1 atom stereocenters. The Hall–Kier alpha value is -1.39. The van der Waals surface area contributed by atoms with Gasteiger partial charge in [0.15, 0.2) is 0 Å². The topological polar surface area (TPSA) is 49.5 Å². The summed E-state index contributed by atoms with van der Waals surface area (Å²) in [4.78, 5) is 1.86. The first-order valence-corrected chi connectivity index (χ1v) is 5.62. The van der Waals surface area contributed by atoms with Gasteiger partial charge in [-0.25, -0.2) is 4.39 Å². The molecule has 0 aromatic heterocycles. The Labute approximate surface area is 101 Å². The van der Waals surface area contributed by atoms with Crippen LogP contribution in [0.5, 0.6) is 0 Å². The first-order chi connectivity index (χ1) is 8.11. The number of hydrogen-bond donors (Lipinski definition) is 2. The number of benzene rings is 1. The number of nitrogens with zero attached hydrogens (tertiary/aromatic N) is 1. The van der Waals surface area contributed by atoms with E-state index in [0.717, 1.165) is 0 Å². The summed E-state index contributed by atoms with van der Waals surface area (Å²) in [5.74, 6) is -0.315. The van der Waals surface area contributed by atoms with Crippen molar-refractivity contribution in [2.75, 3.05) is 24.6 Å². The van der Waals surface area contributed by atoms with Crippen molar-refractivity contribution in [3.63, 3.8) is 0 Å². The molecule has 4 heteroatoms. The van der Waals surface area contributed by atoms with E-state index in [0.29, 0.717) is 24.3 Å². The van der Waals surface area contributed by atoms with Crippen LogP contribution in [0.3, 0.4) is 0 Å². The van der Waals surface area contributed by atoms with Crippen LogP contribution in [0.4, 0.5) is 10.1 Å². The van der Waals surface area contributed by atoms with Crippen molar-refractivity contribution in [3.8, 4) is 0 Å². The minimum atomic E-state index is -0.391. The molecule has 0 bridgehead atoms. The van der Waals surface area contributed by atoms with Crippen LogP contribution in [0.1, 0.15) is 18.5 Å². The van der Waals surface area contributed by atoms with Gasteiger partial charge in [-0.05, 0) is 19.1 Å². The van der Waals surface area contributed by atoms with E-state index < -0.39 is 6.04 Å². The summed E-state index contributed by atoms with van der Waals surface area (Å²) >= 11 is 0. The highest BCUT2D eigenvalue weighted by Gasteiger charge is 2.16. The van der Waals surface area contributed by atoms with Crippen LogP contribution >= 0.6 is 0 Å². The van der Waals surface area contributed by atoms with Crippen LogP contribution in [0.15, 0.2) is 30.9 Å². The molecule has 3 N–H and O–H groups in total. The van der Waals surface area contributed by atoms with Gasteiger partial charge in [-0.2, -0.15) is 0 Å². The van der Waals surface area contributed by atoms with Crippen molar-refractivity contribution in [2.45, 2.75) is 13.0 Å². The Kier molecular flexibility index (Phi) is 5.12. The van der Waals surface area contributed by atoms with Crippen LogP contribution in [-0.2, 0) is 0 Å². The molecule has 1 rings (SSSR count). The number of aliphatic hydroxyl groups is 1. The Morgan fingerprint density at radius 1 is 1.59 bits per heavy atom. The molecule has 3 nitrogen and oxygen atoms in total. The zero-order valence-electron chi connectivity index (χ0n) is 10.1. The lowest BCUT2D eigenvalue weighted by Crippen LogP contribution is -2.29. The van der Waals surface area contributed by atoms with Crippen molar-refractivity contribution in [1.82, 2.24) is 0 Å². The second kappa shape index (κ2) is 6.37. The van der Waals surface area contributed by atoms with E-state index in [4.69, 9.17) is 10.8 Å². The first kappa shape index (κ1) is 13.7. The molecule has 0 unspecified atom stereocenters. The lowest BCUT2D eigenvalue weighted by molar-refractivity contribution is 0.303. The van der Waals surface area contributed by atoms with Gasteiger partial charge in [0.1, 0.15) is 5.82 Å². The first-order valence-electron chi connectivity index (χ1n) is 5.62. The minimum Gasteiger partial charge on any atom is -0.395 e. The second-order valence-electron chi connectivity index (χ2n) is 3.92. The largest absolute Gasteiger partial charge is 0.395 e. The molecule has 0 spiro atoms. The van der Waals surface area contributed by atoms with E-state index in [2.05, 4.69) is 6.58 Å². The number of rotatable bonds is 6. The van der Waals surface area contributed by atoms with Gasteiger partial charge in [-0.15, -0.1) is 6.58 Å². The van der Waals surface area contributed by atoms with Crippen LogP contribution in [0, 0.1) is 5.82 Å². The quantitative estimate of drug-likeness (QED) is 0.743. The monoisotopic (exact) mass is 238 g/mol. The van der Waals surface area contributed by atoms with Crippen molar-refractivity contribution >= 4 is 5.69 Å². The highest BCUT2D eigenvalue weighted by Crippen LogP contribution is 2.27. The molecule has 0 aliphatic carbocycles. The number of nitrogens with two attached hydrogens (primary N) is 1. The molecular weight excluding hydrogens is 219 g/mol. The Morgan fingerprint density at radius 2 is 2.29 bits per heavy atom. The summed E-state index contributed by atoms with van der Waals surface area (Å²) in [7, 11) is 0. The van der Waals surface area contributed by atoms with Crippen LogP contribution in [0.25, 0.3) is 0 Å². The fourth-order valence-corrected chi connectivity index (χ4v) is 1.84. The SMILES string of the molecule is C=CCN(CCO)c1cccc(F)c1[C@@H](C)N. The lowest BCUT2D eigenvalue weighted by atomic mass is 10.0. The fourth-order valence-electron chi connectivity index (χ4n) is 1.84. The molecule has 1 aromatic rings. The highest BCUT2D eigenvalue weighted by molar-refractivity contribution is 5.56. The summed E-state index contributed by atoms with van der Waals surface area (Å²) in [5.41, 5.74) is 6.98. The molecule has 0 saturated heterocycles. The van der Waals surface area contributed by atoms with E-state index in [1.165, 1.54) is 6.07 Å². The number of aliphatic hydroxyl groups excluding tert-OH is 1. The van der Waals surface area contributed by atoms with E-state index in [-0.39, 0.29) is 12.4 Å². The average molecular weight is 238 g/mol. The molecule has 0 amide bonds. The average Bonchev–Trinajstić information content (AvgIpc) is 2.28. The van der Waals surface area contributed by atoms with Gasteiger partial charge in [0.05, 0.1) is 6.61 Å². The van der Waals surface area contributed by atoms with Crippen molar-refractivity contribution in [1.29, 1.82) is 0 Å². The normalized spacial score (nSPS) is 12.2. The Balaban J connectivity index is 3.16. The molecule has 1 aromatic carbocycles. The maximum absolute atomic E-state index is 13.7. The molecule has 0 radical (unpaired) electrons. The molecule has 94 valence electrons. The van der Waals surface area contributed by atoms with Crippen LogP contribution < -0.4 is 10.6 Å².